The minimum Gasteiger partial charge on any atom is -0.284 e. The van der Waals surface area contributed by atoms with Gasteiger partial charge in [-0.15, -0.1) is 41.0 Å². The molecule has 1 aliphatic rings. The molecule has 0 saturated heterocycles. The zero-order valence-corrected chi connectivity index (χ0v) is 17.5. The molecule has 0 atom stereocenters. The summed E-state index contributed by atoms with van der Waals surface area (Å²) in [6, 6.07) is 8.15. The van der Waals surface area contributed by atoms with Crippen LogP contribution in [0.25, 0.3) is 10.2 Å². The van der Waals surface area contributed by atoms with Gasteiger partial charge >= 0.3 is 0 Å². The van der Waals surface area contributed by atoms with Crippen molar-refractivity contribution in [1.29, 1.82) is 0 Å². The first kappa shape index (κ1) is 18.7. The molecule has 0 aliphatic heterocycles. The van der Waals surface area contributed by atoms with Crippen LogP contribution >= 0.6 is 34.4 Å². The first-order valence-electron chi connectivity index (χ1n) is 9.06. The van der Waals surface area contributed by atoms with Gasteiger partial charge in [-0.05, 0) is 37.8 Å². The molecule has 1 amide bonds. The Morgan fingerprint density at radius 1 is 1.22 bits per heavy atom. The number of aromatic nitrogens is 2. The first-order valence-corrected chi connectivity index (χ1v) is 11.9. The zero-order chi connectivity index (χ0) is 18.6. The minimum atomic E-state index is 0.0899. The van der Waals surface area contributed by atoms with Crippen molar-refractivity contribution in [3.63, 3.8) is 0 Å². The highest BCUT2D eigenvalue weighted by atomic mass is 32.2. The summed E-state index contributed by atoms with van der Waals surface area (Å²) in [6.07, 6.45) is 6.33. The van der Waals surface area contributed by atoms with Crippen molar-refractivity contribution in [3.05, 3.63) is 52.5 Å². The Morgan fingerprint density at radius 2 is 2.07 bits per heavy atom. The van der Waals surface area contributed by atoms with Gasteiger partial charge in [0.15, 0.2) is 5.13 Å². The minimum absolute atomic E-state index is 0.0899. The number of para-hydroxylation sites is 1. The van der Waals surface area contributed by atoms with Gasteiger partial charge in [-0.2, -0.15) is 0 Å². The van der Waals surface area contributed by atoms with E-state index in [0.29, 0.717) is 12.3 Å². The SMILES string of the molecule is C=CCN(C(=O)CSCc1nc2ccccc2s1)c1nc2c(s1)CCCC2. The summed E-state index contributed by atoms with van der Waals surface area (Å²) in [5.41, 5.74) is 2.22. The van der Waals surface area contributed by atoms with Gasteiger partial charge in [0.05, 0.1) is 21.7 Å². The Bertz CT molecular complexity index is 906. The summed E-state index contributed by atoms with van der Waals surface area (Å²) >= 11 is 4.98. The van der Waals surface area contributed by atoms with Crippen molar-refractivity contribution in [2.75, 3.05) is 17.2 Å². The molecule has 7 heteroatoms. The van der Waals surface area contributed by atoms with E-state index in [-0.39, 0.29) is 5.91 Å². The molecule has 2 heterocycles. The number of anilines is 1. The Labute approximate surface area is 171 Å². The number of thiazole rings is 2. The van der Waals surface area contributed by atoms with Crippen LogP contribution in [0.4, 0.5) is 5.13 Å². The van der Waals surface area contributed by atoms with Crippen LogP contribution in [-0.4, -0.2) is 28.2 Å². The molecule has 0 spiro atoms. The number of nitrogens with zero attached hydrogens (tertiary/aromatic N) is 3. The molecule has 4 nitrogen and oxygen atoms in total. The van der Waals surface area contributed by atoms with Gasteiger partial charge in [0, 0.05) is 17.2 Å². The Balaban J connectivity index is 1.40. The number of carbonyl (C=O) groups is 1. The fourth-order valence-corrected chi connectivity index (χ4v) is 6.25. The third kappa shape index (κ3) is 4.25. The maximum absolute atomic E-state index is 12.8. The summed E-state index contributed by atoms with van der Waals surface area (Å²) in [4.78, 5) is 25.3. The highest BCUT2D eigenvalue weighted by Gasteiger charge is 2.22. The number of hydrogen-bond donors (Lipinski definition) is 0. The van der Waals surface area contributed by atoms with E-state index in [1.54, 1.807) is 45.4 Å². The molecule has 1 aliphatic carbocycles. The third-order valence-electron chi connectivity index (χ3n) is 4.47. The molecule has 140 valence electrons. The maximum atomic E-state index is 12.8. The average Bonchev–Trinajstić information content (AvgIpc) is 3.29. The molecule has 3 aromatic rings. The highest BCUT2D eigenvalue weighted by Crippen LogP contribution is 2.32. The van der Waals surface area contributed by atoms with E-state index >= 15 is 0 Å². The predicted octanol–water partition coefficient (Wildman–Crippen LogP) is 5.08. The summed E-state index contributed by atoms with van der Waals surface area (Å²) in [6.45, 7) is 4.32. The average molecular weight is 416 g/mol. The van der Waals surface area contributed by atoms with Crippen molar-refractivity contribution in [2.24, 2.45) is 0 Å². The normalized spacial score (nSPS) is 13.5. The van der Waals surface area contributed by atoms with Crippen molar-refractivity contribution in [3.8, 4) is 0 Å². The van der Waals surface area contributed by atoms with Crippen LogP contribution in [0.3, 0.4) is 0 Å². The van der Waals surface area contributed by atoms with Crippen LogP contribution in [0.2, 0.25) is 0 Å². The molecule has 27 heavy (non-hydrogen) atoms. The predicted molar refractivity (Wildman–Crippen MR) is 117 cm³/mol. The molecule has 1 aromatic carbocycles. The van der Waals surface area contributed by atoms with E-state index < -0.39 is 0 Å². The number of aryl methyl sites for hydroxylation is 2. The van der Waals surface area contributed by atoms with Crippen molar-refractivity contribution in [1.82, 2.24) is 9.97 Å². The largest absolute Gasteiger partial charge is 0.284 e. The number of hydrogen-bond acceptors (Lipinski definition) is 6. The molecule has 4 rings (SSSR count). The third-order valence-corrected chi connectivity index (χ3v) is 7.80. The lowest BCUT2D eigenvalue weighted by molar-refractivity contribution is -0.116. The Kier molecular flexibility index (Phi) is 5.90. The lowest BCUT2D eigenvalue weighted by Crippen LogP contribution is -2.32. The lowest BCUT2D eigenvalue weighted by atomic mass is 10.0. The zero-order valence-electron chi connectivity index (χ0n) is 15.0. The van der Waals surface area contributed by atoms with Crippen molar-refractivity contribution >= 4 is 55.7 Å². The fourth-order valence-electron chi connectivity index (χ4n) is 3.15. The molecule has 0 bridgehead atoms. The van der Waals surface area contributed by atoms with Crippen molar-refractivity contribution in [2.45, 2.75) is 31.4 Å². The highest BCUT2D eigenvalue weighted by molar-refractivity contribution is 7.99. The van der Waals surface area contributed by atoms with Gasteiger partial charge in [-0.3, -0.25) is 9.69 Å². The molecular weight excluding hydrogens is 394 g/mol. The van der Waals surface area contributed by atoms with Gasteiger partial charge < -0.3 is 0 Å². The van der Waals surface area contributed by atoms with E-state index in [1.807, 2.05) is 18.2 Å². The summed E-state index contributed by atoms with van der Waals surface area (Å²) < 4.78 is 1.20. The van der Waals surface area contributed by atoms with Crippen LogP contribution in [0.5, 0.6) is 0 Å². The second-order valence-electron chi connectivity index (χ2n) is 6.43. The van der Waals surface area contributed by atoms with E-state index in [4.69, 9.17) is 4.98 Å². The van der Waals surface area contributed by atoms with E-state index in [9.17, 15) is 4.79 Å². The molecule has 2 aromatic heterocycles. The monoisotopic (exact) mass is 415 g/mol. The molecular formula is C20H21N3OS3. The smallest absolute Gasteiger partial charge is 0.239 e. The van der Waals surface area contributed by atoms with Crippen LogP contribution < -0.4 is 4.90 Å². The van der Waals surface area contributed by atoms with Crippen LogP contribution in [0.1, 0.15) is 28.4 Å². The van der Waals surface area contributed by atoms with Gasteiger partial charge in [0.2, 0.25) is 5.91 Å². The van der Waals surface area contributed by atoms with Gasteiger partial charge in [0.25, 0.3) is 0 Å². The number of fused-ring (bicyclic) bond motifs is 2. The number of rotatable bonds is 7. The van der Waals surface area contributed by atoms with Gasteiger partial charge in [0.1, 0.15) is 5.01 Å². The Hall–Kier alpha value is -1.70. The quantitative estimate of drug-likeness (QED) is 0.505. The van der Waals surface area contributed by atoms with Crippen LogP contribution in [-0.2, 0) is 23.4 Å². The molecule has 0 fully saturated rings. The summed E-state index contributed by atoms with van der Waals surface area (Å²) in [5.74, 6) is 1.27. The van der Waals surface area contributed by atoms with Gasteiger partial charge in [-0.1, -0.05) is 18.2 Å². The van der Waals surface area contributed by atoms with Crippen LogP contribution in [0, 0.1) is 0 Å². The number of amides is 1. The molecule has 0 saturated carbocycles. The summed E-state index contributed by atoms with van der Waals surface area (Å²) in [5, 5.41) is 1.89. The Morgan fingerprint density at radius 3 is 2.89 bits per heavy atom. The first-order chi connectivity index (χ1) is 13.2. The van der Waals surface area contributed by atoms with Gasteiger partial charge in [-0.25, -0.2) is 9.97 Å². The molecule has 0 radical (unpaired) electrons. The topological polar surface area (TPSA) is 46.1 Å². The maximum Gasteiger partial charge on any atom is 0.239 e. The second kappa shape index (κ2) is 8.54. The van der Waals surface area contributed by atoms with Crippen molar-refractivity contribution < 1.29 is 4.79 Å². The number of carbonyl (C=O) groups excluding carboxylic acids is 1. The van der Waals surface area contributed by atoms with Crippen LogP contribution in [0.15, 0.2) is 36.9 Å². The summed E-state index contributed by atoms with van der Waals surface area (Å²) in [7, 11) is 0. The van der Waals surface area contributed by atoms with E-state index in [0.717, 1.165) is 34.3 Å². The fraction of sp³-hybridized carbons (Fsp3) is 0.350. The molecule has 0 N–H and O–H groups in total. The standard InChI is InChI=1S/C20H21N3OS3/c1-2-11-23(20-22-15-8-4-6-10-17(15)27-20)19(24)13-25-12-18-21-14-7-3-5-9-16(14)26-18/h2-3,5,7,9H,1,4,6,8,10-13H2. The van der Waals surface area contributed by atoms with E-state index in [2.05, 4.69) is 17.6 Å². The number of thioether (sulfide) groups is 1. The van der Waals surface area contributed by atoms with E-state index in [1.165, 1.54) is 28.1 Å². The number of benzene rings is 1. The molecule has 0 unspecified atom stereocenters. The lowest BCUT2D eigenvalue weighted by Gasteiger charge is -2.17. The second-order valence-corrected chi connectivity index (χ2v) is 9.60.